The predicted octanol–water partition coefficient (Wildman–Crippen LogP) is 2.36. The number of piperidine rings is 1. The zero-order chi connectivity index (χ0) is 11.4. The highest BCUT2D eigenvalue weighted by Crippen LogP contribution is 2.29. The van der Waals surface area contributed by atoms with Crippen LogP contribution in [0.4, 0.5) is 0 Å². The van der Waals surface area contributed by atoms with Crippen LogP contribution in [0.25, 0.3) is 0 Å². The molecule has 0 unspecified atom stereocenters. The molecule has 1 aromatic carbocycles. The molecule has 3 nitrogen and oxygen atoms in total. The third-order valence-corrected chi connectivity index (χ3v) is 3.20. The lowest BCUT2D eigenvalue weighted by Gasteiger charge is -2.28. The summed E-state index contributed by atoms with van der Waals surface area (Å²) < 4.78 is 5.23. The van der Waals surface area contributed by atoms with Gasteiger partial charge in [-0.15, -0.1) is 0 Å². The zero-order valence-corrected chi connectivity index (χ0v) is 9.52. The minimum absolute atomic E-state index is 0.569. The molecular formula is C13H16N2O. The van der Waals surface area contributed by atoms with Crippen LogP contribution in [0.2, 0.25) is 0 Å². The average Bonchev–Trinajstić information content (AvgIpc) is 2.39. The molecule has 1 aliphatic heterocycles. The van der Waals surface area contributed by atoms with Gasteiger partial charge in [0.25, 0.3) is 0 Å². The van der Waals surface area contributed by atoms with E-state index in [0.29, 0.717) is 5.92 Å². The fourth-order valence-electron chi connectivity index (χ4n) is 2.21. The summed E-state index contributed by atoms with van der Waals surface area (Å²) in [5, 5.41) is 8.79. The van der Waals surface area contributed by atoms with Gasteiger partial charge >= 0.3 is 0 Å². The number of hydrogen-bond donors (Lipinski definition) is 0. The van der Waals surface area contributed by atoms with Gasteiger partial charge in [0.1, 0.15) is 5.75 Å². The molecule has 84 valence electrons. The van der Waals surface area contributed by atoms with E-state index in [9.17, 15) is 0 Å². The molecule has 1 aliphatic rings. The molecule has 0 amide bonds. The minimum Gasteiger partial charge on any atom is -0.497 e. The first kappa shape index (κ1) is 10.8. The lowest BCUT2D eigenvalue weighted by molar-refractivity contribution is 0.295. The SMILES string of the molecule is COc1cccc(C2CCN(C#N)CC2)c1. The molecule has 16 heavy (non-hydrogen) atoms. The second-order valence-corrected chi connectivity index (χ2v) is 4.14. The number of nitrogens with zero attached hydrogens (tertiary/aromatic N) is 2. The average molecular weight is 216 g/mol. The Morgan fingerprint density at radius 1 is 1.38 bits per heavy atom. The van der Waals surface area contributed by atoms with Gasteiger partial charge in [-0.05, 0) is 36.5 Å². The van der Waals surface area contributed by atoms with Crippen LogP contribution < -0.4 is 4.74 Å². The molecule has 0 saturated carbocycles. The molecule has 0 N–H and O–H groups in total. The van der Waals surface area contributed by atoms with Crippen molar-refractivity contribution in [2.75, 3.05) is 20.2 Å². The van der Waals surface area contributed by atoms with Crippen LogP contribution in [0.1, 0.15) is 24.3 Å². The molecule has 1 saturated heterocycles. The number of hydrogen-bond acceptors (Lipinski definition) is 3. The first-order valence-corrected chi connectivity index (χ1v) is 5.62. The van der Waals surface area contributed by atoms with Crippen LogP contribution in [0.15, 0.2) is 24.3 Å². The Bertz CT molecular complexity index is 389. The molecule has 1 fully saturated rings. The van der Waals surface area contributed by atoms with Gasteiger partial charge in [-0.1, -0.05) is 12.1 Å². The predicted molar refractivity (Wildman–Crippen MR) is 62.2 cm³/mol. The van der Waals surface area contributed by atoms with Gasteiger partial charge in [0.15, 0.2) is 6.19 Å². The van der Waals surface area contributed by atoms with Crippen LogP contribution in [0, 0.1) is 11.5 Å². The smallest absolute Gasteiger partial charge is 0.179 e. The summed E-state index contributed by atoms with van der Waals surface area (Å²) in [5.74, 6) is 1.49. The summed E-state index contributed by atoms with van der Waals surface area (Å²) in [5.41, 5.74) is 1.33. The Morgan fingerprint density at radius 3 is 2.75 bits per heavy atom. The number of methoxy groups -OCH3 is 1. The molecule has 3 heteroatoms. The van der Waals surface area contributed by atoms with Gasteiger partial charge in [0, 0.05) is 13.1 Å². The van der Waals surface area contributed by atoms with Crippen LogP contribution in [-0.4, -0.2) is 25.1 Å². The van der Waals surface area contributed by atoms with E-state index in [1.54, 1.807) is 7.11 Å². The second-order valence-electron chi connectivity index (χ2n) is 4.14. The Labute approximate surface area is 96.2 Å². The van der Waals surface area contributed by atoms with E-state index in [2.05, 4.69) is 18.3 Å². The summed E-state index contributed by atoms with van der Waals surface area (Å²) in [6.45, 7) is 1.75. The van der Waals surface area contributed by atoms with Crippen molar-refractivity contribution in [3.8, 4) is 11.9 Å². The van der Waals surface area contributed by atoms with Crippen molar-refractivity contribution in [1.29, 1.82) is 5.26 Å². The standard InChI is InChI=1S/C13H16N2O/c1-16-13-4-2-3-12(9-13)11-5-7-15(10-14)8-6-11/h2-4,9,11H,5-8H2,1H3. The molecule has 0 atom stereocenters. The molecular weight excluding hydrogens is 200 g/mol. The maximum Gasteiger partial charge on any atom is 0.179 e. The van der Waals surface area contributed by atoms with Gasteiger partial charge in [-0.2, -0.15) is 5.26 Å². The summed E-state index contributed by atoms with van der Waals surface area (Å²) in [6.07, 6.45) is 4.32. The van der Waals surface area contributed by atoms with Crippen LogP contribution in [0.3, 0.4) is 0 Å². The number of rotatable bonds is 2. The highest BCUT2D eigenvalue weighted by atomic mass is 16.5. The number of benzene rings is 1. The summed E-state index contributed by atoms with van der Waals surface area (Å²) in [7, 11) is 1.69. The van der Waals surface area contributed by atoms with E-state index in [1.165, 1.54) is 5.56 Å². The van der Waals surface area contributed by atoms with E-state index in [1.807, 2.05) is 17.0 Å². The second kappa shape index (κ2) is 4.89. The first-order chi connectivity index (χ1) is 7.83. The first-order valence-electron chi connectivity index (χ1n) is 5.62. The van der Waals surface area contributed by atoms with Gasteiger partial charge in [0.2, 0.25) is 0 Å². The molecule has 1 aromatic rings. The zero-order valence-electron chi connectivity index (χ0n) is 9.52. The molecule has 0 bridgehead atoms. The van der Waals surface area contributed by atoms with Gasteiger partial charge in [0.05, 0.1) is 7.11 Å². The van der Waals surface area contributed by atoms with Gasteiger partial charge in [-0.25, -0.2) is 0 Å². The van der Waals surface area contributed by atoms with Crippen molar-refractivity contribution >= 4 is 0 Å². The lowest BCUT2D eigenvalue weighted by Crippen LogP contribution is -2.28. The Kier molecular flexibility index (Phi) is 3.31. The Balaban J connectivity index is 2.05. The maximum atomic E-state index is 8.79. The largest absolute Gasteiger partial charge is 0.497 e. The van der Waals surface area contributed by atoms with E-state index < -0.39 is 0 Å². The number of ether oxygens (including phenoxy) is 1. The number of likely N-dealkylation sites (tertiary alicyclic amines) is 1. The van der Waals surface area contributed by atoms with Crippen molar-refractivity contribution in [2.45, 2.75) is 18.8 Å². The van der Waals surface area contributed by atoms with E-state index in [-0.39, 0.29) is 0 Å². The summed E-state index contributed by atoms with van der Waals surface area (Å²) in [6, 6.07) is 8.25. The van der Waals surface area contributed by atoms with Crippen molar-refractivity contribution < 1.29 is 4.74 Å². The van der Waals surface area contributed by atoms with Crippen molar-refractivity contribution in [3.63, 3.8) is 0 Å². The molecule has 0 aromatic heterocycles. The third-order valence-electron chi connectivity index (χ3n) is 3.20. The molecule has 1 heterocycles. The topological polar surface area (TPSA) is 36.3 Å². The third kappa shape index (κ3) is 2.27. The summed E-state index contributed by atoms with van der Waals surface area (Å²) >= 11 is 0. The molecule has 2 rings (SSSR count). The fraction of sp³-hybridized carbons (Fsp3) is 0.462. The van der Waals surface area contributed by atoms with Crippen molar-refractivity contribution in [1.82, 2.24) is 4.90 Å². The highest BCUT2D eigenvalue weighted by Gasteiger charge is 2.19. The minimum atomic E-state index is 0.569. The highest BCUT2D eigenvalue weighted by molar-refractivity contribution is 5.31. The normalized spacial score (nSPS) is 16.9. The Morgan fingerprint density at radius 2 is 2.12 bits per heavy atom. The monoisotopic (exact) mass is 216 g/mol. The van der Waals surface area contributed by atoms with Crippen LogP contribution >= 0.6 is 0 Å². The van der Waals surface area contributed by atoms with Gasteiger partial charge < -0.3 is 9.64 Å². The van der Waals surface area contributed by atoms with E-state index in [4.69, 9.17) is 10.00 Å². The lowest BCUT2D eigenvalue weighted by atomic mass is 9.89. The van der Waals surface area contributed by atoms with E-state index >= 15 is 0 Å². The molecule has 0 spiro atoms. The Hall–Kier alpha value is -1.69. The quantitative estimate of drug-likeness (QED) is 0.712. The molecule has 0 aliphatic carbocycles. The molecule has 0 radical (unpaired) electrons. The van der Waals surface area contributed by atoms with Crippen molar-refractivity contribution in [3.05, 3.63) is 29.8 Å². The maximum absolute atomic E-state index is 8.79. The van der Waals surface area contributed by atoms with Crippen molar-refractivity contribution in [2.24, 2.45) is 0 Å². The summed E-state index contributed by atoms with van der Waals surface area (Å²) in [4.78, 5) is 1.83. The van der Waals surface area contributed by atoms with E-state index in [0.717, 1.165) is 31.7 Å². The van der Waals surface area contributed by atoms with Crippen LogP contribution in [-0.2, 0) is 0 Å². The number of nitriles is 1. The van der Waals surface area contributed by atoms with Gasteiger partial charge in [-0.3, -0.25) is 0 Å². The fourth-order valence-corrected chi connectivity index (χ4v) is 2.21. The van der Waals surface area contributed by atoms with Crippen LogP contribution in [0.5, 0.6) is 5.75 Å².